The minimum Gasteiger partial charge on any atom is -0.356 e. The van der Waals surface area contributed by atoms with Crippen molar-refractivity contribution in [1.29, 1.82) is 0 Å². The summed E-state index contributed by atoms with van der Waals surface area (Å²) < 4.78 is 0. The van der Waals surface area contributed by atoms with Gasteiger partial charge in [-0.05, 0) is 44.7 Å². The van der Waals surface area contributed by atoms with Crippen LogP contribution in [0.1, 0.15) is 51.6 Å². The largest absolute Gasteiger partial charge is 0.356 e. The molecular weight excluding hydrogens is 234 g/mol. The van der Waals surface area contributed by atoms with Crippen LogP contribution in [0.15, 0.2) is 18.3 Å². The van der Waals surface area contributed by atoms with Crippen molar-refractivity contribution in [2.24, 2.45) is 5.41 Å². The number of nitrogens with one attached hydrogen (secondary N) is 1. The SMILES string of the molecule is CCC1(CC)CCN(c2ncccc2C(C)NC)C1. The summed E-state index contributed by atoms with van der Waals surface area (Å²) in [5.74, 6) is 1.17. The number of pyridine rings is 1. The normalized spacial score (nSPS) is 19.7. The van der Waals surface area contributed by atoms with Crippen LogP contribution in [-0.2, 0) is 0 Å². The average Bonchev–Trinajstić information content (AvgIpc) is 2.91. The highest BCUT2D eigenvalue weighted by atomic mass is 15.2. The highest BCUT2D eigenvalue weighted by molar-refractivity contribution is 5.49. The molecule has 0 radical (unpaired) electrons. The third-order valence-corrected chi connectivity index (χ3v) is 4.95. The molecule has 0 amide bonds. The molecule has 1 atom stereocenters. The number of anilines is 1. The van der Waals surface area contributed by atoms with Crippen molar-refractivity contribution in [1.82, 2.24) is 10.3 Å². The van der Waals surface area contributed by atoms with Crippen molar-refractivity contribution in [2.45, 2.75) is 46.1 Å². The minimum absolute atomic E-state index is 0.349. The number of aromatic nitrogens is 1. The standard InChI is InChI=1S/C16H27N3/c1-5-16(6-2)9-11-19(12-16)15-14(13(3)17-4)8-7-10-18-15/h7-8,10,13,17H,5-6,9,11-12H2,1-4H3. The molecule has 1 aromatic heterocycles. The van der Waals surface area contributed by atoms with Crippen molar-refractivity contribution in [3.8, 4) is 0 Å². The summed E-state index contributed by atoms with van der Waals surface area (Å²) in [6.45, 7) is 9.14. The Bertz CT molecular complexity index is 412. The summed E-state index contributed by atoms with van der Waals surface area (Å²) >= 11 is 0. The number of hydrogen-bond acceptors (Lipinski definition) is 3. The molecule has 1 unspecified atom stereocenters. The number of rotatable bonds is 5. The zero-order chi connectivity index (χ0) is 13.9. The molecule has 3 nitrogen and oxygen atoms in total. The fourth-order valence-electron chi connectivity index (χ4n) is 3.11. The average molecular weight is 261 g/mol. The second-order valence-corrected chi connectivity index (χ2v) is 5.81. The fraction of sp³-hybridized carbons (Fsp3) is 0.688. The maximum absolute atomic E-state index is 4.65. The van der Waals surface area contributed by atoms with Crippen LogP contribution in [0, 0.1) is 5.41 Å². The van der Waals surface area contributed by atoms with E-state index in [0.29, 0.717) is 11.5 Å². The molecule has 0 saturated carbocycles. The van der Waals surface area contributed by atoms with Gasteiger partial charge in [0.1, 0.15) is 5.82 Å². The molecule has 1 aliphatic rings. The number of hydrogen-bond donors (Lipinski definition) is 1. The van der Waals surface area contributed by atoms with Crippen molar-refractivity contribution in [3.63, 3.8) is 0 Å². The van der Waals surface area contributed by atoms with Gasteiger partial charge in [-0.2, -0.15) is 0 Å². The van der Waals surface area contributed by atoms with E-state index in [0.717, 1.165) is 13.1 Å². The molecule has 2 rings (SSSR count). The Hall–Kier alpha value is -1.09. The first-order valence-corrected chi connectivity index (χ1v) is 7.53. The van der Waals surface area contributed by atoms with Gasteiger partial charge in [0, 0.05) is 30.9 Å². The lowest BCUT2D eigenvalue weighted by Crippen LogP contribution is -2.28. The van der Waals surface area contributed by atoms with Crippen LogP contribution < -0.4 is 10.2 Å². The van der Waals surface area contributed by atoms with Crippen molar-refractivity contribution < 1.29 is 0 Å². The fourth-order valence-corrected chi connectivity index (χ4v) is 3.11. The van der Waals surface area contributed by atoms with E-state index in [2.05, 4.69) is 42.0 Å². The van der Waals surface area contributed by atoms with E-state index < -0.39 is 0 Å². The van der Waals surface area contributed by atoms with E-state index in [1.54, 1.807) is 0 Å². The zero-order valence-corrected chi connectivity index (χ0v) is 12.7. The van der Waals surface area contributed by atoms with Gasteiger partial charge in [0.25, 0.3) is 0 Å². The first kappa shape index (κ1) is 14.3. The highest BCUT2D eigenvalue weighted by Crippen LogP contribution is 2.39. The van der Waals surface area contributed by atoms with Gasteiger partial charge < -0.3 is 10.2 Å². The van der Waals surface area contributed by atoms with Gasteiger partial charge in [-0.1, -0.05) is 19.9 Å². The van der Waals surface area contributed by atoms with E-state index in [1.807, 2.05) is 19.3 Å². The van der Waals surface area contributed by atoms with E-state index in [4.69, 9.17) is 0 Å². The predicted molar refractivity (Wildman–Crippen MR) is 81.6 cm³/mol. The summed E-state index contributed by atoms with van der Waals surface area (Å²) in [4.78, 5) is 7.13. The Kier molecular flexibility index (Phi) is 4.46. The Morgan fingerprint density at radius 3 is 2.74 bits per heavy atom. The summed E-state index contributed by atoms with van der Waals surface area (Å²) in [7, 11) is 2.01. The smallest absolute Gasteiger partial charge is 0.133 e. The molecule has 0 aromatic carbocycles. The van der Waals surface area contributed by atoms with Gasteiger partial charge >= 0.3 is 0 Å². The lowest BCUT2D eigenvalue weighted by molar-refractivity contribution is 0.301. The summed E-state index contributed by atoms with van der Waals surface area (Å²) in [6, 6.07) is 4.58. The van der Waals surface area contributed by atoms with Crippen LogP contribution >= 0.6 is 0 Å². The van der Waals surface area contributed by atoms with E-state index in [-0.39, 0.29) is 0 Å². The van der Waals surface area contributed by atoms with E-state index in [1.165, 1.54) is 30.6 Å². The zero-order valence-electron chi connectivity index (χ0n) is 12.7. The molecule has 106 valence electrons. The Labute approximate surface area is 117 Å². The second-order valence-electron chi connectivity index (χ2n) is 5.81. The summed E-state index contributed by atoms with van der Waals surface area (Å²) in [6.07, 6.45) is 5.75. The molecule has 1 saturated heterocycles. The predicted octanol–water partition coefficient (Wildman–Crippen LogP) is 3.38. The monoisotopic (exact) mass is 261 g/mol. The lowest BCUT2D eigenvalue weighted by atomic mass is 9.82. The quantitative estimate of drug-likeness (QED) is 0.880. The molecular formula is C16H27N3. The van der Waals surface area contributed by atoms with E-state index in [9.17, 15) is 0 Å². The van der Waals surface area contributed by atoms with Crippen molar-refractivity contribution in [2.75, 3.05) is 25.0 Å². The van der Waals surface area contributed by atoms with Gasteiger partial charge in [-0.25, -0.2) is 4.98 Å². The van der Waals surface area contributed by atoms with Crippen LogP contribution in [0.2, 0.25) is 0 Å². The molecule has 3 heteroatoms. The molecule has 0 spiro atoms. The van der Waals surface area contributed by atoms with Crippen LogP contribution in [0.3, 0.4) is 0 Å². The molecule has 0 bridgehead atoms. The van der Waals surface area contributed by atoms with Crippen LogP contribution in [-0.4, -0.2) is 25.1 Å². The van der Waals surface area contributed by atoms with Crippen LogP contribution in [0.25, 0.3) is 0 Å². The van der Waals surface area contributed by atoms with Crippen LogP contribution in [0.5, 0.6) is 0 Å². The van der Waals surface area contributed by atoms with Gasteiger partial charge in [0.15, 0.2) is 0 Å². The topological polar surface area (TPSA) is 28.2 Å². The second kappa shape index (κ2) is 5.91. The van der Waals surface area contributed by atoms with E-state index >= 15 is 0 Å². The van der Waals surface area contributed by atoms with Gasteiger partial charge in [0.05, 0.1) is 0 Å². The Balaban J connectivity index is 2.24. The molecule has 1 aromatic rings. The molecule has 1 aliphatic heterocycles. The first-order valence-electron chi connectivity index (χ1n) is 7.53. The van der Waals surface area contributed by atoms with Crippen molar-refractivity contribution in [3.05, 3.63) is 23.9 Å². The van der Waals surface area contributed by atoms with Gasteiger partial charge in [0.2, 0.25) is 0 Å². The molecule has 19 heavy (non-hydrogen) atoms. The summed E-state index contributed by atoms with van der Waals surface area (Å²) in [5, 5.41) is 3.33. The van der Waals surface area contributed by atoms with Crippen LogP contribution in [0.4, 0.5) is 5.82 Å². The molecule has 2 heterocycles. The highest BCUT2D eigenvalue weighted by Gasteiger charge is 2.36. The Morgan fingerprint density at radius 2 is 2.16 bits per heavy atom. The third kappa shape index (κ3) is 2.76. The van der Waals surface area contributed by atoms with Crippen molar-refractivity contribution >= 4 is 5.82 Å². The first-order chi connectivity index (χ1) is 9.15. The lowest BCUT2D eigenvalue weighted by Gasteiger charge is -2.28. The maximum atomic E-state index is 4.65. The van der Waals surface area contributed by atoms with Gasteiger partial charge in [-0.3, -0.25) is 0 Å². The summed E-state index contributed by atoms with van der Waals surface area (Å²) in [5.41, 5.74) is 1.81. The number of nitrogens with zero attached hydrogens (tertiary/aromatic N) is 2. The molecule has 1 N–H and O–H groups in total. The van der Waals surface area contributed by atoms with Gasteiger partial charge in [-0.15, -0.1) is 0 Å². The minimum atomic E-state index is 0.349. The Morgan fingerprint density at radius 1 is 1.42 bits per heavy atom. The maximum Gasteiger partial charge on any atom is 0.133 e. The molecule has 1 fully saturated rings. The third-order valence-electron chi connectivity index (χ3n) is 4.95. The molecule has 0 aliphatic carbocycles.